The van der Waals surface area contributed by atoms with Gasteiger partial charge in [0.15, 0.2) is 0 Å². The molecule has 23 heavy (non-hydrogen) atoms. The Morgan fingerprint density at radius 2 is 1.65 bits per heavy atom. The van der Waals surface area contributed by atoms with Crippen molar-refractivity contribution in [3.05, 3.63) is 60.2 Å². The lowest BCUT2D eigenvalue weighted by atomic mass is 10.0. The van der Waals surface area contributed by atoms with Crippen molar-refractivity contribution >= 4 is 17.0 Å². The van der Waals surface area contributed by atoms with Gasteiger partial charge in [0, 0.05) is 0 Å². The molecular formula is C18H19N3O2. The molecule has 0 fully saturated rings. The van der Waals surface area contributed by atoms with Crippen LogP contribution in [0, 0.1) is 0 Å². The predicted molar refractivity (Wildman–Crippen MR) is 88.0 cm³/mol. The van der Waals surface area contributed by atoms with Gasteiger partial charge in [0.2, 0.25) is 0 Å². The topological polar surface area (TPSA) is 57.0 Å². The summed E-state index contributed by atoms with van der Waals surface area (Å²) in [6.45, 7) is 2.19. The van der Waals surface area contributed by atoms with Gasteiger partial charge in [-0.3, -0.25) is 4.79 Å². The summed E-state index contributed by atoms with van der Waals surface area (Å²) in [4.78, 5) is 13.6. The summed E-state index contributed by atoms with van der Waals surface area (Å²) < 4.78 is 5.10. The molecular weight excluding hydrogens is 290 g/mol. The van der Waals surface area contributed by atoms with Crippen LogP contribution in [0.2, 0.25) is 0 Å². The molecule has 0 amide bonds. The summed E-state index contributed by atoms with van der Waals surface area (Å²) in [6, 6.07) is 17.6. The second-order valence-electron chi connectivity index (χ2n) is 5.36. The van der Waals surface area contributed by atoms with E-state index in [1.165, 1.54) is 0 Å². The number of esters is 1. The van der Waals surface area contributed by atoms with Gasteiger partial charge in [-0.15, -0.1) is 0 Å². The van der Waals surface area contributed by atoms with Crippen molar-refractivity contribution in [2.45, 2.75) is 25.8 Å². The van der Waals surface area contributed by atoms with Crippen molar-refractivity contribution in [3.8, 4) is 0 Å². The Kier molecular flexibility index (Phi) is 4.66. The van der Waals surface area contributed by atoms with Crippen LogP contribution >= 0.6 is 0 Å². The first-order chi connectivity index (χ1) is 11.3. The van der Waals surface area contributed by atoms with Crippen molar-refractivity contribution in [1.82, 2.24) is 15.0 Å². The Hall–Kier alpha value is -2.69. The maximum atomic E-state index is 11.9. The van der Waals surface area contributed by atoms with Crippen LogP contribution in [-0.2, 0) is 16.0 Å². The molecule has 0 aliphatic heterocycles. The highest BCUT2D eigenvalue weighted by atomic mass is 16.5. The number of hydrogen-bond acceptors (Lipinski definition) is 4. The average Bonchev–Trinajstić information content (AvgIpc) is 2.99. The van der Waals surface area contributed by atoms with Crippen molar-refractivity contribution in [3.63, 3.8) is 0 Å². The molecule has 0 radical (unpaired) electrons. The molecule has 0 saturated heterocycles. The molecule has 0 saturated carbocycles. The van der Waals surface area contributed by atoms with Gasteiger partial charge in [0.25, 0.3) is 0 Å². The minimum atomic E-state index is -0.227. The molecule has 0 N–H and O–H groups in total. The second-order valence-corrected chi connectivity index (χ2v) is 5.36. The minimum absolute atomic E-state index is 0.163. The second kappa shape index (κ2) is 7.05. The first kappa shape index (κ1) is 15.2. The van der Waals surface area contributed by atoms with E-state index in [-0.39, 0.29) is 18.4 Å². The zero-order chi connectivity index (χ0) is 16.1. The summed E-state index contributed by atoms with van der Waals surface area (Å²) in [5.41, 5.74) is 2.80. The number of fused-ring (bicyclic) bond motifs is 1. The zero-order valence-corrected chi connectivity index (χ0v) is 13.1. The largest absolute Gasteiger partial charge is 0.466 e. The Balaban J connectivity index is 1.88. The van der Waals surface area contributed by atoms with Crippen molar-refractivity contribution < 1.29 is 9.53 Å². The van der Waals surface area contributed by atoms with Crippen molar-refractivity contribution in [2.24, 2.45) is 0 Å². The Morgan fingerprint density at radius 3 is 2.26 bits per heavy atom. The Morgan fingerprint density at radius 1 is 1.04 bits per heavy atom. The van der Waals surface area contributed by atoms with Crippen LogP contribution in [0.25, 0.3) is 11.0 Å². The van der Waals surface area contributed by atoms with E-state index in [0.29, 0.717) is 13.0 Å². The van der Waals surface area contributed by atoms with E-state index in [2.05, 4.69) is 10.2 Å². The molecule has 0 bridgehead atoms. The number of benzene rings is 2. The molecule has 118 valence electrons. The standard InChI is InChI=1S/C18H19N3O2/c1-2-23-18(22)13-15(12-14-8-4-3-5-9-14)21-19-16-10-6-7-11-17(16)20-21/h3-11,15H,2,12-13H2,1H3. The van der Waals surface area contributed by atoms with E-state index in [4.69, 9.17) is 4.74 Å². The fourth-order valence-corrected chi connectivity index (χ4v) is 2.57. The number of nitrogens with zero attached hydrogens (tertiary/aromatic N) is 3. The molecule has 0 aliphatic rings. The summed E-state index contributed by atoms with van der Waals surface area (Å²) in [5.74, 6) is -0.227. The van der Waals surface area contributed by atoms with Crippen LogP contribution in [0.1, 0.15) is 24.9 Å². The van der Waals surface area contributed by atoms with Crippen molar-refractivity contribution in [2.75, 3.05) is 6.61 Å². The van der Waals surface area contributed by atoms with Gasteiger partial charge in [-0.1, -0.05) is 42.5 Å². The first-order valence-corrected chi connectivity index (χ1v) is 7.77. The van der Waals surface area contributed by atoms with Crippen LogP contribution in [0.3, 0.4) is 0 Å². The molecule has 1 unspecified atom stereocenters. The van der Waals surface area contributed by atoms with Crippen LogP contribution < -0.4 is 0 Å². The fourth-order valence-electron chi connectivity index (χ4n) is 2.57. The summed E-state index contributed by atoms with van der Waals surface area (Å²) >= 11 is 0. The van der Waals surface area contributed by atoms with Gasteiger partial charge in [-0.2, -0.15) is 15.0 Å². The van der Waals surface area contributed by atoms with E-state index in [1.807, 2.05) is 61.5 Å². The lowest BCUT2D eigenvalue weighted by molar-refractivity contribution is -0.144. The van der Waals surface area contributed by atoms with E-state index in [1.54, 1.807) is 4.80 Å². The lowest BCUT2D eigenvalue weighted by Gasteiger charge is -2.15. The molecule has 1 aromatic heterocycles. The highest BCUT2D eigenvalue weighted by Crippen LogP contribution is 2.19. The van der Waals surface area contributed by atoms with Gasteiger partial charge in [-0.25, -0.2) is 0 Å². The minimum Gasteiger partial charge on any atom is -0.466 e. The van der Waals surface area contributed by atoms with E-state index < -0.39 is 0 Å². The Bertz CT molecular complexity index is 750. The van der Waals surface area contributed by atoms with E-state index in [0.717, 1.165) is 16.6 Å². The van der Waals surface area contributed by atoms with Crippen LogP contribution in [0.5, 0.6) is 0 Å². The molecule has 1 atom stereocenters. The summed E-state index contributed by atoms with van der Waals surface area (Å²) in [5, 5.41) is 9.04. The number of rotatable bonds is 6. The SMILES string of the molecule is CCOC(=O)CC(Cc1ccccc1)n1nc2ccccc2n1. The number of hydrogen-bond donors (Lipinski definition) is 0. The number of carbonyl (C=O) groups excluding carboxylic acids is 1. The molecule has 0 spiro atoms. The van der Waals surface area contributed by atoms with E-state index >= 15 is 0 Å². The molecule has 3 rings (SSSR count). The fraction of sp³-hybridized carbons (Fsp3) is 0.278. The average molecular weight is 309 g/mol. The van der Waals surface area contributed by atoms with Gasteiger partial charge < -0.3 is 4.74 Å². The van der Waals surface area contributed by atoms with Gasteiger partial charge in [-0.05, 0) is 31.0 Å². The van der Waals surface area contributed by atoms with Crippen LogP contribution in [-0.4, -0.2) is 27.6 Å². The van der Waals surface area contributed by atoms with E-state index in [9.17, 15) is 4.79 Å². The first-order valence-electron chi connectivity index (χ1n) is 7.77. The van der Waals surface area contributed by atoms with Crippen LogP contribution in [0.4, 0.5) is 0 Å². The molecule has 5 nitrogen and oxygen atoms in total. The van der Waals surface area contributed by atoms with Crippen LogP contribution in [0.15, 0.2) is 54.6 Å². The van der Waals surface area contributed by atoms with Gasteiger partial charge in [0.05, 0.1) is 19.1 Å². The third-order valence-electron chi connectivity index (χ3n) is 3.65. The summed E-state index contributed by atoms with van der Waals surface area (Å²) in [6.07, 6.45) is 0.935. The number of ether oxygens (including phenoxy) is 1. The lowest BCUT2D eigenvalue weighted by Crippen LogP contribution is -2.20. The smallest absolute Gasteiger partial charge is 0.308 e. The normalized spacial score (nSPS) is 12.2. The number of carbonyl (C=O) groups is 1. The predicted octanol–water partition coefficient (Wildman–Crippen LogP) is 3.17. The summed E-state index contributed by atoms with van der Waals surface area (Å²) in [7, 11) is 0. The van der Waals surface area contributed by atoms with Gasteiger partial charge >= 0.3 is 5.97 Å². The Labute approximate surface area is 134 Å². The molecule has 1 heterocycles. The molecule has 2 aromatic carbocycles. The quantitative estimate of drug-likeness (QED) is 0.656. The zero-order valence-electron chi connectivity index (χ0n) is 13.1. The molecule has 5 heteroatoms. The molecule has 3 aromatic rings. The maximum absolute atomic E-state index is 11.9. The monoisotopic (exact) mass is 309 g/mol. The van der Waals surface area contributed by atoms with Gasteiger partial charge in [0.1, 0.15) is 11.0 Å². The molecule has 0 aliphatic carbocycles. The third-order valence-corrected chi connectivity index (χ3v) is 3.65. The highest BCUT2D eigenvalue weighted by Gasteiger charge is 2.20. The maximum Gasteiger partial charge on any atom is 0.308 e. The third kappa shape index (κ3) is 3.74. The number of aromatic nitrogens is 3. The highest BCUT2D eigenvalue weighted by molar-refractivity contribution is 5.73. The van der Waals surface area contributed by atoms with Crippen molar-refractivity contribution in [1.29, 1.82) is 0 Å².